The van der Waals surface area contributed by atoms with Gasteiger partial charge in [-0.1, -0.05) is 0 Å². The molecule has 116 valence electrons. The van der Waals surface area contributed by atoms with Crippen LogP contribution in [0.15, 0.2) is 18.2 Å². The Bertz CT molecular complexity index is 537. The van der Waals surface area contributed by atoms with Crippen LogP contribution in [0.1, 0.15) is 17.3 Å². The second-order valence-electron chi connectivity index (χ2n) is 4.12. The van der Waals surface area contributed by atoms with Crippen LogP contribution in [-0.2, 0) is 0 Å². The first-order chi connectivity index (χ1) is 9.80. The Hall–Kier alpha value is -2.29. The number of nitrogens with zero attached hydrogens (tertiary/aromatic N) is 1. The molecule has 21 heavy (non-hydrogen) atoms. The van der Waals surface area contributed by atoms with Crippen molar-refractivity contribution >= 4 is 11.6 Å². The fourth-order valence-electron chi connectivity index (χ4n) is 1.46. The number of carbonyl (C=O) groups is 1. The molecule has 0 unspecified atom stereocenters. The number of amides is 1. The molecule has 0 aromatic heterocycles. The van der Waals surface area contributed by atoms with E-state index in [4.69, 9.17) is 10.5 Å². The molecule has 0 aliphatic carbocycles. The number of nitro groups is 1. The third kappa shape index (κ3) is 4.63. The Morgan fingerprint density at radius 2 is 2.19 bits per heavy atom. The normalized spacial score (nSPS) is 11.0. The molecule has 0 saturated heterocycles. The van der Waals surface area contributed by atoms with Gasteiger partial charge in [-0.05, 0) is 19.1 Å². The molecule has 0 atom stereocenters. The molecule has 1 aromatic carbocycles. The molecule has 0 aliphatic heterocycles. The van der Waals surface area contributed by atoms with Crippen molar-refractivity contribution < 1.29 is 23.2 Å². The van der Waals surface area contributed by atoms with Crippen LogP contribution < -0.4 is 15.8 Å². The summed E-state index contributed by atoms with van der Waals surface area (Å²) < 4.78 is 30.9. The lowest BCUT2D eigenvalue weighted by atomic mass is 10.1. The second-order valence-corrected chi connectivity index (χ2v) is 4.12. The van der Waals surface area contributed by atoms with Gasteiger partial charge in [0.25, 0.3) is 11.8 Å². The molecular weight excluding hydrogens is 288 g/mol. The number of nitro benzene ring substituents is 1. The summed E-state index contributed by atoms with van der Waals surface area (Å²) in [4.78, 5) is 21.9. The monoisotopic (exact) mass is 303 g/mol. The van der Waals surface area contributed by atoms with Gasteiger partial charge in [0.2, 0.25) is 0 Å². The minimum Gasteiger partial charge on any atom is -0.487 e. The highest BCUT2D eigenvalue weighted by molar-refractivity contribution is 5.95. The van der Waals surface area contributed by atoms with Crippen molar-refractivity contribution in [2.24, 2.45) is 5.73 Å². The zero-order chi connectivity index (χ0) is 16.0. The lowest BCUT2D eigenvalue weighted by Crippen LogP contribution is -2.41. The first-order valence-corrected chi connectivity index (χ1v) is 6.08. The van der Waals surface area contributed by atoms with E-state index >= 15 is 0 Å². The summed E-state index contributed by atoms with van der Waals surface area (Å²) in [6.45, 7) is 0.0222. The Morgan fingerprint density at radius 3 is 2.71 bits per heavy atom. The summed E-state index contributed by atoms with van der Waals surface area (Å²) in [5.74, 6) is -4.08. The molecule has 0 aliphatic rings. The Kier molecular flexibility index (Phi) is 5.53. The number of nitrogens with two attached hydrogens (primary N) is 1. The number of nitrogens with one attached hydrogen (secondary N) is 1. The number of carbonyl (C=O) groups excluding carboxylic acids is 1. The second kappa shape index (κ2) is 6.93. The molecule has 0 spiro atoms. The minimum atomic E-state index is -3.23. The fraction of sp³-hybridized carbons (Fsp3) is 0.417. The van der Waals surface area contributed by atoms with E-state index in [9.17, 15) is 23.7 Å². The molecule has 1 aromatic rings. The molecule has 0 fully saturated rings. The van der Waals surface area contributed by atoms with E-state index in [-0.39, 0.29) is 17.9 Å². The molecule has 0 heterocycles. The number of hydrogen-bond donors (Lipinski definition) is 2. The van der Waals surface area contributed by atoms with Crippen LogP contribution in [0.2, 0.25) is 0 Å². The summed E-state index contributed by atoms with van der Waals surface area (Å²) in [6.07, 6.45) is 0. The van der Waals surface area contributed by atoms with Gasteiger partial charge in [0, 0.05) is 11.6 Å². The molecule has 0 saturated carbocycles. The third-order valence-corrected chi connectivity index (χ3v) is 2.52. The summed E-state index contributed by atoms with van der Waals surface area (Å²) in [5.41, 5.74) is 4.32. The van der Waals surface area contributed by atoms with Crippen molar-refractivity contribution in [3.8, 4) is 5.75 Å². The first kappa shape index (κ1) is 16.8. The Morgan fingerprint density at radius 1 is 1.52 bits per heavy atom. The van der Waals surface area contributed by atoms with Crippen LogP contribution in [0.4, 0.5) is 14.5 Å². The van der Waals surface area contributed by atoms with Crippen LogP contribution in [0, 0.1) is 10.1 Å². The zero-order valence-corrected chi connectivity index (χ0v) is 11.3. The van der Waals surface area contributed by atoms with Crippen LogP contribution in [0.25, 0.3) is 0 Å². The lowest BCUT2D eigenvalue weighted by molar-refractivity contribution is -0.385. The molecular formula is C12H15F2N3O4. The predicted molar refractivity (Wildman–Crippen MR) is 70.6 cm³/mol. The standard InChI is InChI=1S/C12H15F2N3O4/c1-2-21-10-4-3-8(5-9(10)17(19)20)11(18)16-7-12(13,14)6-15/h3-5H,2,6-7,15H2,1H3,(H,16,18). The number of benzene rings is 1. The van der Waals surface area contributed by atoms with Crippen LogP contribution in [0.5, 0.6) is 5.75 Å². The predicted octanol–water partition coefficient (Wildman–Crippen LogP) is 1.32. The lowest BCUT2D eigenvalue weighted by Gasteiger charge is -2.14. The quantitative estimate of drug-likeness (QED) is 0.583. The van der Waals surface area contributed by atoms with Crippen LogP contribution in [0.3, 0.4) is 0 Å². The molecule has 0 bridgehead atoms. The van der Waals surface area contributed by atoms with E-state index in [2.05, 4.69) is 0 Å². The number of rotatable bonds is 7. The maximum atomic E-state index is 12.9. The van der Waals surface area contributed by atoms with Crippen LogP contribution in [-0.4, -0.2) is 36.4 Å². The number of ether oxygens (including phenoxy) is 1. The van der Waals surface area contributed by atoms with Gasteiger partial charge in [-0.25, -0.2) is 8.78 Å². The van der Waals surface area contributed by atoms with Gasteiger partial charge in [-0.3, -0.25) is 14.9 Å². The van der Waals surface area contributed by atoms with Crippen molar-refractivity contribution in [2.45, 2.75) is 12.8 Å². The Labute approximate surface area is 119 Å². The maximum Gasteiger partial charge on any atom is 0.311 e. The molecule has 1 rings (SSSR count). The molecule has 9 heteroatoms. The Balaban J connectivity index is 2.91. The third-order valence-electron chi connectivity index (χ3n) is 2.52. The van der Waals surface area contributed by atoms with Crippen molar-refractivity contribution in [1.82, 2.24) is 5.32 Å². The summed E-state index contributed by atoms with van der Waals surface area (Å²) in [5, 5.41) is 12.9. The van der Waals surface area contributed by atoms with Gasteiger partial charge in [-0.2, -0.15) is 0 Å². The van der Waals surface area contributed by atoms with E-state index in [1.165, 1.54) is 12.1 Å². The van der Waals surface area contributed by atoms with E-state index in [1.54, 1.807) is 6.92 Å². The minimum absolute atomic E-state index is 0.00587. The largest absolute Gasteiger partial charge is 0.487 e. The van der Waals surface area contributed by atoms with Crippen molar-refractivity contribution in [1.29, 1.82) is 0 Å². The van der Waals surface area contributed by atoms with Gasteiger partial charge < -0.3 is 15.8 Å². The van der Waals surface area contributed by atoms with Crippen molar-refractivity contribution in [3.05, 3.63) is 33.9 Å². The summed E-state index contributed by atoms with van der Waals surface area (Å²) >= 11 is 0. The van der Waals surface area contributed by atoms with E-state index in [1.807, 2.05) is 5.32 Å². The van der Waals surface area contributed by atoms with Gasteiger partial charge in [0.1, 0.15) is 0 Å². The SMILES string of the molecule is CCOc1ccc(C(=O)NCC(F)(F)CN)cc1[N+](=O)[O-]. The zero-order valence-electron chi connectivity index (χ0n) is 11.3. The van der Waals surface area contributed by atoms with E-state index < -0.39 is 35.5 Å². The van der Waals surface area contributed by atoms with E-state index in [0.29, 0.717) is 0 Å². The van der Waals surface area contributed by atoms with Gasteiger partial charge in [-0.15, -0.1) is 0 Å². The van der Waals surface area contributed by atoms with Crippen molar-refractivity contribution in [3.63, 3.8) is 0 Å². The number of alkyl halides is 2. The van der Waals surface area contributed by atoms with Gasteiger partial charge in [0.15, 0.2) is 5.75 Å². The highest BCUT2D eigenvalue weighted by atomic mass is 19.3. The molecule has 7 nitrogen and oxygen atoms in total. The van der Waals surface area contributed by atoms with Gasteiger partial charge >= 0.3 is 5.69 Å². The van der Waals surface area contributed by atoms with Crippen molar-refractivity contribution in [2.75, 3.05) is 19.7 Å². The molecule has 3 N–H and O–H groups in total. The molecule has 0 radical (unpaired) electrons. The molecule has 1 amide bonds. The number of hydrogen-bond acceptors (Lipinski definition) is 5. The smallest absolute Gasteiger partial charge is 0.311 e. The highest BCUT2D eigenvalue weighted by Crippen LogP contribution is 2.28. The number of halogens is 2. The van der Waals surface area contributed by atoms with Gasteiger partial charge in [0.05, 0.1) is 24.6 Å². The fourth-order valence-corrected chi connectivity index (χ4v) is 1.46. The van der Waals surface area contributed by atoms with E-state index in [0.717, 1.165) is 6.07 Å². The maximum absolute atomic E-state index is 12.9. The topological polar surface area (TPSA) is 107 Å². The average Bonchev–Trinajstić information content (AvgIpc) is 2.45. The average molecular weight is 303 g/mol. The summed E-state index contributed by atoms with van der Waals surface area (Å²) in [6, 6.07) is 3.48. The van der Waals surface area contributed by atoms with Crippen LogP contribution >= 0.6 is 0 Å². The summed E-state index contributed by atoms with van der Waals surface area (Å²) in [7, 11) is 0. The first-order valence-electron chi connectivity index (χ1n) is 6.08. The highest BCUT2D eigenvalue weighted by Gasteiger charge is 2.28.